The number of ether oxygens (including phenoxy) is 1. The van der Waals surface area contributed by atoms with Crippen LogP contribution in [0.5, 0.6) is 5.75 Å². The Morgan fingerprint density at radius 1 is 1.36 bits per heavy atom. The molecule has 1 spiro atoms. The second-order valence-corrected chi connectivity index (χ2v) is 6.52. The van der Waals surface area contributed by atoms with E-state index in [-0.39, 0.29) is 17.1 Å². The average molecular weight is 313 g/mol. The number of nitrogens with zero attached hydrogens (tertiary/aromatic N) is 1. The van der Waals surface area contributed by atoms with Gasteiger partial charge in [-0.25, -0.2) is 0 Å². The Labute approximate surface area is 127 Å². The first-order valence-electron chi connectivity index (χ1n) is 7.36. The first kappa shape index (κ1) is 15.2. The van der Waals surface area contributed by atoms with Gasteiger partial charge in [-0.05, 0) is 49.3 Å². The summed E-state index contributed by atoms with van der Waals surface area (Å²) in [5, 5.41) is 0. The van der Waals surface area contributed by atoms with Crippen LogP contribution < -0.4 is 4.74 Å². The maximum absolute atomic E-state index is 12.4. The lowest BCUT2D eigenvalue weighted by Gasteiger charge is -2.46. The maximum Gasteiger partial charge on any atom is 0.573 e. The topological polar surface area (TPSA) is 29.5 Å². The first-order chi connectivity index (χ1) is 10.3. The second-order valence-electron chi connectivity index (χ2n) is 6.52. The highest BCUT2D eigenvalue weighted by molar-refractivity contribution is 5.49. The standard InChI is InChI=1S/C16H18F3NO2/c1-11-2-3-12(6-14(11)22-16(17,18)19)13-4-5-15(7-13)8-20(9-15)10-21/h2-3,6,10,13H,4-5,7-9H2,1H3. The molecule has 0 radical (unpaired) electrons. The molecule has 2 fully saturated rings. The highest BCUT2D eigenvalue weighted by atomic mass is 19.4. The van der Waals surface area contributed by atoms with Crippen molar-refractivity contribution in [2.75, 3.05) is 13.1 Å². The summed E-state index contributed by atoms with van der Waals surface area (Å²) in [7, 11) is 0. The summed E-state index contributed by atoms with van der Waals surface area (Å²) < 4.78 is 41.4. The molecule has 1 amide bonds. The molecule has 0 bridgehead atoms. The van der Waals surface area contributed by atoms with Gasteiger partial charge in [-0.2, -0.15) is 0 Å². The maximum atomic E-state index is 12.4. The van der Waals surface area contributed by atoms with Crippen molar-refractivity contribution in [2.24, 2.45) is 5.41 Å². The van der Waals surface area contributed by atoms with Gasteiger partial charge in [0.25, 0.3) is 0 Å². The number of hydrogen-bond acceptors (Lipinski definition) is 2. The summed E-state index contributed by atoms with van der Waals surface area (Å²) in [5.41, 5.74) is 1.54. The van der Waals surface area contributed by atoms with Gasteiger partial charge in [0.2, 0.25) is 6.41 Å². The van der Waals surface area contributed by atoms with Crippen molar-refractivity contribution >= 4 is 6.41 Å². The van der Waals surface area contributed by atoms with Gasteiger partial charge in [0.15, 0.2) is 0 Å². The van der Waals surface area contributed by atoms with Gasteiger partial charge >= 0.3 is 6.36 Å². The van der Waals surface area contributed by atoms with E-state index in [4.69, 9.17) is 0 Å². The zero-order valence-corrected chi connectivity index (χ0v) is 12.3. The number of halogens is 3. The van der Waals surface area contributed by atoms with Crippen LogP contribution in [0.4, 0.5) is 13.2 Å². The first-order valence-corrected chi connectivity index (χ1v) is 7.36. The molecule has 0 N–H and O–H groups in total. The fourth-order valence-electron chi connectivity index (χ4n) is 3.77. The number of alkyl halides is 3. The van der Waals surface area contributed by atoms with Crippen LogP contribution >= 0.6 is 0 Å². The number of hydrogen-bond donors (Lipinski definition) is 0. The molecule has 1 aliphatic heterocycles. The van der Waals surface area contributed by atoms with Crippen LogP contribution in [0.1, 0.15) is 36.3 Å². The second kappa shape index (κ2) is 5.18. The molecule has 120 valence electrons. The fourth-order valence-corrected chi connectivity index (χ4v) is 3.77. The Morgan fingerprint density at radius 2 is 2.09 bits per heavy atom. The number of aryl methyl sites for hydroxylation is 1. The van der Waals surface area contributed by atoms with Crippen molar-refractivity contribution in [3.63, 3.8) is 0 Å². The third-order valence-corrected chi connectivity index (χ3v) is 4.84. The van der Waals surface area contributed by atoms with Crippen LogP contribution in [0, 0.1) is 12.3 Å². The molecule has 1 aromatic rings. The van der Waals surface area contributed by atoms with E-state index < -0.39 is 6.36 Å². The summed E-state index contributed by atoms with van der Waals surface area (Å²) in [6.07, 6.45) is -0.920. The molecular weight excluding hydrogens is 295 g/mol. The molecule has 1 saturated carbocycles. The Balaban J connectivity index is 1.73. The number of benzene rings is 1. The van der Waals surface area contributed by atoms with Gasteiger partial charge in [-0.15, -0.1) is 13.2 Å². The van der Waals surface area contributed by atoms with Crippen LogP contribution in [0.2, 0.25) is 0 Å². The number of carbonyl (C=O) groups is 1. The van der Waals surface area contributed by atoms with E-state index in [0.717, 1.165) is 44.3 Å². The van der Waals surface area contributed by atoms with Gasteiger partial charge in [-0.3, -0.25) is 4.79 Å². The van der Waals surface area contributed by atoms with Crippen molar-refractivity contribution < 1.29 is 22.7 Å². The van der Waals surface area contributed by atoms with Crippen LogP contribution in [0.3, 0.4) is 0 Å². The van der Waals surface area contributed by atoms with Crippen LogP contribution in [-0.2, 0) is 4.79 Å². The normalized spacial score (nSPS) is 23.5. The minimum Gasteiger partial charge on any atom is -0.406 e. The average Bonchev–Trinajstić information content (AvgIpc) is 2.83. The van der Waals surface area contributed by atoms with E-state index in [1.165, 1.54) is 6.07 Å². The Kier molecular flexibility index (Phi) is 3.57. The van der Waals surface area contributed by atoms with Crippen molar-refractivity contribution in [3.8, 4) is 5.75 Å². The predicted molar refractivity (Wildman–Crippen MR) is 74.5 cm³/mol. The van der Waals surface area contributed by atoms with Gasteiger partial charge in [0, 0.05) is 18.5 Å². The quantitative estimate of drug-likeness (QED) is 0.798. The molecule has 3 nitrogen and oxygen atoms in total. The largest absolute Gasteiger partial charge is 0.573 e. The van der Waals surface area contributed by atoms with Crippen LogP contribution in [0.25, 0.3) is 0 Å². The molecule has 6 heteroatoms. The summed E-state index contributed by atoms with van der Waals surface area (Å²) in [6.45, 7) is 3.14. The number of amides is 1. The van der Waals surface area contributed by atoms with Crippen molar-refractivity contribution in [1.29, 1.82) is 0 Å². The Morgan fingerprint density at radius 3 is 2.73 bits per heavy atom. The smallest absolute Gasteiger partial charge is 0.406 e. The molecule has 1 aliphatic carbocycles. The van der Waals surface area contributed by atoms with Crippen LogP contribution in [-0.4, -0.2) is 30.8 Å². The van der Waals surface area contributed by atoms with Gasteiger partial charge in [0.05, 0.1) is 0 Å². The van der Waals surface area contributed by atoms with Crippen molar-refractivity contribution in [3.05, 3.63) is 29.3 Å². The van der Waals surface area contributed by atoms with Gasteiger partial charge in [-0.1, -0.05) is 12.1 Å². The zero-order chi connectivity index (χ0) is 16.0. The fraction of sp³-hybridized carbons (Fsp3) is 0.562. The zero-order valence-electron chi connectivity index (χ0n) is 12.3. The SMILES string of the molecule is Cc1ccc(C2CCC3(C2)CN(C=O)C3)cc1OC(F)(F)F. The van der Waals surface area contributed by atoms with E-state index in [0.29, 0.717) is 5.56 Å². The van der Waals surface area contributed by atoms with E-state index in [1.54, 1.807) is 17.9 Å². The lowest BCUT2D eigenvalue weighted by Crippen LogP contribution is -2.54. The lowest BCUT2D eigenvalue weighted by molar-refractivity contribution is -0.274. The summed E-state index contributed by atoms with van der Waals surface area (Å²) in [6, 6.07) is 5.08. The predicted octanol–water partition coefficient (Wildman–Crippen LogP) is 3.62. The molecule has 3 rings (SSSR count). The molecule has 22 heavy (non-hydrogen) atoms. The van der Waals surface area contributed by atoms with E-state index in [1.807, 2.05) is 6.07 Å². The molecule has 1 aromatic carbocycles. The number of likely N-dealkylation sites (tertiary alicyclic amines) is 1. The molecule has 1 saturated heterocycles. The third-order valence-electron chi connectivity index (χ3n) is 4.84. The number of carbonyl (C=O) groups excluding carboxylic acids is 1. The lowest BCUT2D eigenvalue weighted by atomic mass is 9.77. The van der Waals surface area contributed by atoms with E-state index in [9.17, 15) is 18.0 Å². The molecule has 1 heterocycles. The Hall–Kier alpha value is -1.72. The molecule has 1 unspecified atom stereocenters. The Bertz CT molecular complexity index is 579. The highest BCUT2D eigenvalue weighted by Gasteiger charge is 2.48. The van der Waals surface area contributed by atoms with Crippen LogP contribution in [0.15, 0.2) is 18.2 Å². The van der Waals surface area contributed by atoms with Gasteiger partial charge in [0.1, 0.15) is 5.75 Å². The van der Waals surface area contributed by atoms with Crippen molar-refractivity contribution in [1.82, 2.24) is 4.90 Å². The molecule has 1 atom stereocenters. The van der Waals surface area contributed by atoms with E-state index in [2.05, 4.69) is 4.74 Å². The third kappa shape index (κ3) is 2.91. The van der Waals surface area contributed by atoms with Crippen molar-refractivity contribution in [2.45, 2.75) is 38.5 Å². The van der Waals surface area contributed by atoms with E-state index >= 15 is 0 Å². The molecular formula is C16H18F3NO2. The monoisotopic (exact) mass is 313 g/mol. The summed E-state index contributed by atoms with van der Waals surface area (Å²) >= 11 is 0. The number of rotatable bonds is 3. The summed E-state index contributed by atoms with van der Waals surface area (Å²) in [5.74, 6) is 0.124. The molecule has 2 aliphatic rings. The van der Waals surface area contributed by atoms with Gasteiger partial charge < -0.3 is 9.64 Å². The summed E-state index contributed by atoms with van der Waals surface area (Å²) in [4.78, 5) is 12.4. The molecule has 0 aromatic heterocycles. The highest BCUT2D eigenvalue weighted by Crippen LogP contribution is 2.51. The minimum absolute atomic E-state index is 0.117. The minimum atomic E-state index is -4.67.